The van der Waals surface area contributed by atoms with Gasteiger partial charge in [-0.05, 0) is 31.5 Å². The fourth-order valence-corrected chi connectivity index (χ4v) is 2.48. The summed E-state index contributed by atoms with van der Waals surface area (Å²) in [6, 6.07) is 5.82. The Labute approximate surface area is 111 Å². The van der Waals surface area contributed by atoms with Gasteiger partial charge in [0.2, 0.25) is 0 Å². The average Bonchev–Trinajstić information content (AvgIpc) is 2.87. The van der Waals surface area contributed by atoms with Gasteiger partial charge in [0.05, 0.1) is 22.4 Å². The van der Waals surface area contributed by atoms with Crippen LogP contribution in [0.5, 0.6) is 0 Å². The summed E-state index contributed by atoms with van der Waals surface area (Å²) in [6.45, 7) is 4.11. The monoisotopic (exact) mass is 255 g/mol. The molecule has 3 aromatic rings. The predicted molar refractivity (Wildman–Crippen MR) is 76.4 cm³/mol. The Morgan fingerprint density at radius 1 is 1.32 bits per heavy atom. The number of benzene rings is 1. The van der Waals surface area contributed by atoms with Crippen LogP contribution >= 0.6 is 0 Å². The summed E-state index contributed by atoms with van der Waals surface area (Å²) < 4.78 is 3.98. The summed E-state index contributed by atoms with van der Waals surface area (Å²) in [5.41, 5.74) is 10.7. The van der Waals surface area contributed by atoms with Crippen LogP contribution < -0.4 is 5.73 Å². The second-order valence-electron chi connectivity index (χ2n) is 4.73. The predicted octanol–water partition coefficient (Wildman–Crippen LogP) is 2.21. The normalized spacial score (nSPS) is 11.3. The van der Waals surface area contributed by atoms with Gasteiger partial charge in [0.15, 0.2) is 0 Å². The maximum Gasteiger partial charge on any atom is 0.111 e. The Morgan fingerprint density at radius 3 is 2.84 bits per heavy atom. The van der Waals surface area contributed by atoms with Crippen LogP contribution in [0.2, 0.25) is 0 Å². The van der Waals surface area contributed by atoms with Crippen LogP contribution in [0.4, 0.5) is 5.69 Å². The molecule has 5 nitrogen and oxygen atoms in total. The lowest BCUT2D eigenvalue weighted by Crippen LogP contribution is -1.99. The third kappa shape index (κ3) is 1.78. The van der Waals surface area contributed by atoms with Gasteiger partial charge in [0, 0.05) is 18.9 Å². The maximum absolute atomic E-state index is 5.82. The third-order valence-corrected chi connectivity index (χ3v) is 3.31. The molecule has 2 aromatic heterocycles. The van der Waals surface area contributed by atoms with Gasteiger partial charge in [-0.15, -0.1) is 0 Å². The van der Waals surface area contributed by atoms with Crippen molar-refractivity contribution in [1.29, 1.82) is 0 Å². The molecule has 0 unspecified atom stereocenters. The molecule has 1 aromatic carbocycles. The van der Waals surface area contributed by atoms with E-state index in [9.17, 15) is 0 Å². The first-order valence-corrected chi connectivity index (χ1v) is 6.37. The van der Waals surface area contributed by atoms with Crippen molar-refractivity contribution in [2.75, 3.05) is 5.73 Å². The zero-order valence-electron chi connectivity index (χ0n) is 11.4. The molecule has 2 heterocycles. The number of fused-ring (bicyclic) bond motifs is 1. The number of rotatable bonds is 2. The lowest BCUT2D eigenvalue weighted by Gasteiger charge is -2.05. The molecule has 0 atom stereocenters. The van der Waals surface area contributed by atoms with Crippen molar-refractivity contribution in [3.8, 4) is 5.69 Å². The Morgan fingerprint density at radius 2 is 2.11 bits per heavy atom. The highest BCUT2D eigenvalue weighted by atomic mass is 15.3. The summed E-state index contributed by atoms with van der Waals surface area (Å²) in [5.74, 6) is 0.948. The van der Waals surface area contributed by atoms with E-state index in [4.69, 9.17) is 5.73 Å². The van der Waals surface area contributed by atoms with Crippen LogP contribution in [0, 0.1) is 6.92 Å². The molecular weight excluding hydrogens is 238 g/mol. The van der Waals surface area contributed by atoms with Crippen LogP contribution in [-0.2, 0) is 13.5 Å². The van der Waals surface area contributed by atoms with E-state index in [-0.39, 0.29) is 0 Å². The number of hydrogen-bond donors (Lipinski definition) is 1. The van der Waals surface area contributed by atoms with Gasteiger partial charge in [-0.25, -0.2) is 4.98 Å². The molecule has 2 N–H and O–H groups in total. The van der Waals surface area contributed by atoms with Gasteiger partial charge in [-0.2, -0.15) is 5.10 Å². The second-order valence-corrected chi connectivity index (χ2v) is 4.73. The minimum absolute atomic E-state index is 0.735. The van der Waals surface area contributed by atoms with Crippen molar-refractivity contribution in [2.24, 2.45) is 7.05 Å². The average molecular weight is 255 g/mol. The van der Waals surface area contributed by atoms with E-state index in [0.717, 1.165) is 40.3 Å². The van der Waals surface area contributed by atoms with Crippen LogP contribution in [0.1, 0.15) is 18.4 Å². The lowest BCUT2D eigenvalue weighted by molar-refractivity contribution is 0.746. The first-order chi connectivity index (χ1) is 9.10. The minimum atomic E-state index is 0.735. The SMILES string of the molecule is CCc1nn(C)cc1-n1c(C)nc2cc(N)ccc21. The topological polar surface area (TPSA) is 61.7 Å². The van der Waals surface area contributed by atoms with E-state index in [2.05, 4.69) is 21.6 Å². The fraction of sp³-hybridized carbons (Fsp3) is 0.286. The molecule has 5 heteroatoms. The number of nitrogens with two attached hydrogens (primary N) is 1. The smallest absolute Gasteiger partial charge is 0.111 e. The number of nitrogen functional groups attached to an aromatic ring is 1. The molecule has 0 saturated heterocycles. The summed E-state index contributed by atoms with van der Waals surface area (Å²) >= 11 is 0. The Kier molecular flexibility index (Phi) is 2.55. The zero-order valence-corrected chi connectivity index (χ0v) is 11.4. The molecule has 0 spiro atoms. The molecule has 0 aliphatic heterocycles. The van der Waals surface area contributed by atoms with Crippen LogP contribution in [0.25, 0.3) is 16.7 Å². The van der Waals surface area contributed by atoms with Crippen LogP contribution in [0.15, 0.2) is 24.4 Å². The minimum Gasteiger partial charge on any atom is -0.399 e. The molecule has 19 heavy (non-hydrogen) atoms. The molecule has 3 rings (SSSR count). The van der Waals surface area contributed by atoms with Crippen molar-refractivity contribution in [1.82, 2.24) is 19.3 Å². The molecular formula is C14H17N5. The van der Waals surface area contributed by atoms with Crippen molar-refractivity contribution in [3.63, 3.8) is 0 Å². The first-order valence-electron chi connectivity index (χ1n) is 6.37. The van der Waals surface area contributed by atoms with Crippen molar-refractivity contribution in [2.45, 2.75) is 20.3 Å². The quantitative estimate of drug-likeness (QED) is 0.714. The summed E-state index contributed by atoms with van der Waals surface area (Å²) in [4.78, 5) is 4.58. The fourth-order valence-electron chi connectivity index (χ4n) is 2.48. The van der Waals surface area contributed by atoms with E-state index in [1.54, 1.807) is 0 Å². The Balaban J connectivity index is 2.32. The van der Waals surface area contributed by atoms with Gasteiger partial charge >= 0.3 is 0 Å². The standard InChI is InChI=1S/C14H17N5/c1-4-11-14(8-18(3)17-11)19-9(2)16-12-7-10(15)5-6-13(12)19/h5-8H,4,15H2,1-3H3. The molecule has 0 aliphatic carbocycles. The van der Waals surface area contributed by atoms with Gasteiger partial charge in [0.25, 0.3) is 0 Å². The number of nitrogens with zero attached hydrogens (tertiary/aromatic N) is 4. The van der Waals surface area contributed by atoms with Gasteiger partial charge in [0.1, 0.15) is 5.82 Å². The largest absolute Gasteiger partial charge is 0.399 e. The van der Waals surface area contributed by atoms with Crippen molar-refractivity contribution in [3.05, 3.63) is 35.9 Å². The summed E-state index contributed by atoms with van der Waals surface area (Å²) in [6.07, 6.45) is 2.92. The highest BCUT2D eigenvalue weighted by Crippen LogP contribution is 2.24. The molecule has 0 saturated carbocycles. The van der Waals surface area contributed by atoms with E-state index >= 15 is 0 Å². The third-order valence-electron chi connectivity index (χ3n) is 3.31. The molecule has 0 radical (unpaired) electrons. The zero-order chi connectivity index (χ0) is 13.6. The molecule has 0 amide bonds. The van der Waals surface area contributed by atoms with Crippen molar-refractivity contribution < 1.29 is 0 Å². The van der Waals surface area contributed by atoms with Gasteiger partial charge < -0.3 is 5.73 Å². The van der Waals surface area contributed by atoms with Crippen LogP contribution in [0.3, 0.4) is 0 Å². The number of anilines is 1. The Bertz CT molecular complexity index is 751. The summed E-state index contributed by atoms with van der Waals surface area (Å²) in [5, 5.41) is 4.49. The van der Waals surface area contributed by atoms with E-state index < -0.39 is 0 Å². The van der Waals surface area contributed by atoms with E-state index in [1.807, 2.05) is 43.0 Å². The second kappa shape index (κ2) is 4.12. The van der Waals surface area contributed by atoms with Crippen molar-refractivity contribution >= 4 is 16.7 Å². The molecule has 98 valence electrons. The number of aryl methyl sites for hydroxylation is 3. The van der Waals surface area contributed by atoms with Crippen LogP contribution in [-0.4, -0.2) is 19.3 Å². The summed E-state index contributed by atoms with van der Waals surface area (Å²) in [7, 11) is 1.94. The number of imidazole rings is 1. The van der Waals surface area contributed by atoms with E-state index in [1.165, 1.54) is 0 Å². The lowest BCUT2D eigenvalue weighted by atomic mass is 10.2. The highest BCUT2D eigenvalue weighted by molar-refractivity contribution is 5.81. The Hall–Kier alpha value is -2.30. The number of aromatic nitrogens is 4. The number of hydrogen-bond acceptors (Lipinski definition) is 3. The van der Waals surface area contributed by atoms with Gasteiger partial charge in [-0.3, -0.25) is 9.25 Å². The highest BCUT2D eigenvalue weighted by Gasteiger charge is 2.14. The molecule has 0 aliphatic rings. The van der Waals surface area contributed by atoms with E-state index in [0.29, 0.717) is 0 Å². The first kappa shape index (κ1) is 11.8. The molecule has 0 fully saturated rings. The molecule has 0 bridgehead atoms. The maximum atomic E-state index is 5.82. The van der Waals surface area contributed by atoms with Gasteiger partial charge in [-0.1, -0.05) is 6.92 Å².